The summed E-state index contributed by atoms with van der Waals surface area (Å²) >= 11 is 0. The monoisotopic (exact) mass is 406 g/mol. The van der Waals surface area contributed by atoms with Gasteiger partial charge < -0.3 is 14.7 Å². The Kier molecular flexibility index (Phi) is 5.97. The first-order chi connectivity index (χ1) is 14.6. The number of likely N-dealkylation sites (tertiary alicyclic amines) is 1. The lowest BCUT2D eigenvalue weighted by Gasteiger charge is -2.31. The SMILES string of the molecule is Cc1ccc([C@H]2C(=C(O)c3ccccc3)C(=O)C(=O)N2CCN2CCOCC2)cc1. The van der Waals surface area contributed by atoms with Gasteiger partial charge in [0.2, 0.25) is 0 Å². The van der Waals surface area contributed by atoms with Gasteiger partial charge >= 0.3 is 0 Å². The molecule has 0 aliphatic carbocycles. The zero-order valence-electron chi connectivity index (χ0n) is 17.1. The van der Waals surface area contributed by atoms with E-state index in [1.54, 1.807) is 29.2 Å². The van der Waals surface area contributed by atoms with E-state index in [1.807, 2.05) is 37.3 Å². The Hall–Kier alpha value is -2.96. The van der Waals surface area contributed by atoms with Crippen molar-refractivity contribution in [2.24, 2.45) is 0 Å². The molecule has 0 bridgehead atoms. The van der Waals surface area contributed by atoms with E-state index < -0.39 is 17.7 Å². The fourth-order valence-electron chi connectivity index (χ4n) is 4.03. The number of ether oxygens (including phenoxy) is 1. The van der Waals surface area contributed by atoms with Crippen molar-refractivity contribution in [2.75, 3.05) is 39.4 Å². The van der Waals surface area contributed by atoms with Crippen LogP contribution in [-0.4, -0.2) is 66.0 Å². The first kappa shape index (κ1) is 20.3. The van der Waals surface area contributed by atoms with E-state index in [-0.39, 0.29) is 11.3 Å². The predicted molar refractivity (Wildman–Crippen MR) is 114 cm³/mol. The normalized spacial score (nSPS) is 21.9. The van der Waals surface area contributed by atoms with Gasteiger partial charge in [-0.2, -0.15) is 0 Å². The van der Waals surface area contributed by atoms with Crippen molar-refractivity contribution in [3.63, 3.8) is 0 Å². The summed E-state index contributed by atoms with van der Waals surface area (Å²) in [7, 11) is 0. The minimum atomic E-state index is -0.635. The molecule has 30 heavy (non-hydrogen) atoms. The van der Waals surface area contributed by atoms with Gasteiger partial charge in [-0.1, -0.05) is 60.2 Å². The summed E-state index contributed by atoms with van der Waals surface area (Å²) in [6.07, 6.45) is 0. The maximum Gasteiger partial charge on any atom is 0.295 e. The number of rotatable bonds is 5. The van der Waals surface area contributed by atoms with Gasteiger partial charge in [0, 0.05) is 31.7 Å². The molecule has 6 nitrogen and oxygen atoms in total. The molecule has 2 aromatic carbocycles. The molecule has 0 aromatic heterocycles. The molecule has 0 spiro atoms. The van der Waals surface area contributed by atoms with Gasteiger partial charge in [-0.05, 0) is 12.5 Å². The van der Waals surface area contributed by atoms with Crippen molar-refractivity contribution in [1.82, 2.24) is 9.80 Å². The minimum Gasteiger partial charge on any atom is -0.507 e. The van der Waals surface area contributed by atoms with E-state index in [4.69, 9.17) is 4.74 Å². The van der Waals surface area contributed by atoms with Crippen LogP contribution in [0.1, 0.15) is 22.7 Å². The number of aliphatic hydroxyl groups excluding tert-OH is 1. The van der Waals surface area contributed by atoms with Crippen molar-refractivity contribution in [1.29, 1.82) is 0 Å². The van der Waals surface area contributed by atoms with E-state index in [0.717, 1.165) is 24.2 Å². The Morgan fingerprint density at radius 1 is 1.00 bits per heavy atom. The molecule has 2 aromatic rings. The lowest BCUT2D eigenvalue weighted by atomic mass is 9.95. The van der Waals surface area contributed by atoms with Crippen LogP contribution < -0.4 is 0 Å². The molecule has 4 rings (SSSR count). The van der Waals surface area contributed by atoms with Crippen LogP contribution in [0.15, 0.2) is 60.2 Å². The molecule has 0 unspecified atom stereocenters. The third kappa shape index (κ3) is 4.01. The second kappa shape index (κ2) is 8.81. The highest BCUT2D eigenvalue weighted by Crippen LogP contribution is 2.39. The summed E-state index contributed by atoms with van der Waals surface area (Å²) in [6, 6.07) is 16.1. The van der Waals surface area contributed by atoms with Crippen molar-refractivity contribution < 1.29 is 19.4 Å². The Morgan fingerprint density at radius 3 is 2.33 bits per heavy atom. The first-order valence-corrected chi connectivity index (χ1v) is 10.3. The van der Waals surface area contributed by atoms with Crippen molar-refractivity contribution in [3.05, 3.63) is 76.9 Å². The molecule has 2 aliphatic heterocycles. The summed E-state index contributed by atoms with van der Waals surface area (Å²) < 4.78 is 5.39. The molecule has 2 aliphatic rings. The summed E-state index contributed by atoms with van der Waals surface area (Å²) in [5.41, 5.74) is 2.59. The first-order valence-electron chi connectivity index (χ1n) is 10.3. The number of ketones is 1. The van der Waals surface area contributed by atoms with Crippen LogP contribution in [0.4, 0.5) is 0 Å². The topological polar surface area (TPSA) is 70.1 Å². The van der Waals surface area contributed by atoms with E-state index in [1.165, 1.54) is 0 Å². The molecule has 0 saturated carbocycles. The fourth-order valence-corrected chi connectivity index (χ4v) is 4.03. The molecule has 1 N–H and O–H groups in total. The Bertz CT molecular complexity index is 947. The second-order valence-electron chi connectivity index (χ2n) is 7.72. The van der Waals surface area contributed by atoms with E-state index in [2.05, 4.69) is 4.90 Å². The van der Waals surface area contributed by atoms with Gasteiger partial charge in [-0.15, -0.1) is 0 Å². The van der Waals surface area contributed by atoms with Gasteiger partial charge in [0.1, 0.15) is 5.76 Å². The minimum absolute atomic E-state index is 0.131. The molecule has 6 heteroatoms. The van der Waals surface area contributed by atoms with Crippen molar-refractivity contribution >= 4 is 17.4 Å². The molecule has 0 radical (unpaired) electrons. The average molecular weight is 406 g/mol. The highest BCUT2D eigenvalue weighted by molar-refractivity contribution is 6.46. The Labute approximate surface area is 176 Å². The third-order valence-corrected chi connectivity index (χ3v) is 5.74. The van der Waals surface area contributed by atoms with Crippen molar-refractivity contribution in [2.45, 2.75) is 13.0 Å². The van der Waals surface area contributed by atoms with Crippen molar-refractivity contribution in [3.8, 4) is 0 Å². The molecule has 2 saturated heterocycles. The number of morpholine rings is 1. The van der Waals surface area contributed by atoms with E-state index >= 15 is 0 Å². The molecule has 1 atom stereocenters. The quantitative estimate of drug-likeness (QED) is 0.470. The number of Topliss-reactive ketones (excluding diaryl/α,β-unsaturated/α-hetero) is 1. The van der Waals surface area contributed by atoms with Crippen LogP contribution in [0.25, 0.3) is 5.76 Å². The number of amides is 1. The number of nitrogens with zero attached hydrogens (tertiary/aromatic N) is 2. The molecular weight excluding hydrogens is 380 g/mol. The number of carbonyl (C=O) groups is 2. The van der Waals surface area contributed by atoms with E-state index in [0.29, 0.717) is 31.9 Å². The molecule has 2 heterocycles. The van der Waals surface area contributed by atoms with Gasteiger partial charge in [-0.3, -0.25) is 14.5 Å². The smallest absolute Gasteiger partial charge is 0.295 e. The average Bonchev–Trinajstić information content (AvgIpc) is 3.04. The van der Waals surface area contributed by atoms with Crippen LogP contribution >= 0.6 is 0 Å². The number of benzene rings is 2. The molecule has 2 fully saturated rings. The van der Waals surface area contributed by atoms with Crippen LogP contribution in [0, 0.1) is 6.92 Å². The highest BCUT2D eigenvalue weighted by atomic mass is 16.5. The summed E-state index contributed by atoms with van der Waals surface area (Å²) in [5, 5.41) is 11.0. The number of aryl methyl sites for hydroxylation is 1. The Balaban J connectivity index is 1.72. The predicted octanol–water partition coefficient (Wildman–Crippen LogP) is 2.75. The number of carbonyl (C=O) groups excluding carboxylic acids is 2. The summed E-state index contributed by atoms with van der Waals surface area (Å²) in [6.45, 7) is 6.02. The third-order valence-electron chi connectivity index (χ3n) is 5.74. The lowest BCUT2D eigenvalue weighted by Crippen LogP contribution is -2.42. The van der Waals surface area contributed by atoms with Gasteiger partial charge in [0.15, 0.2) is 0 Å². The highest BCUT2D eigenvalue weighted by Gasteiger charge is 2.45. The van der Waals surface area contributed by atoms with Gasteiger partial charge in [0.05, 0.1) is 24.8 Å². The van der Waals surface area contributed by atoms with Crippen LogP contribution in [0.2, 0.25) is 0 Å². The zero-order chi connectivity index (χ0) is 21.1. The zero-order valence-corrected chi connectivity index (χ0v) is 17.1. The van der Waals surface area contributed by atoms with Crippen LogP contribution in [0.3, 0.4) is 0 Å². The van der Waals surface area contributed by atoms with Crippen LogP contribution in [-0.2, 0) is 14.3 Å². The number of hydrogen-bond acceptors (Lipinski definition) is 5. The van der Waals surface area contributed by atoms with E-state index in [9.17, 15) is 14.7 Å². The Morgan fingerprint density at radius 2 is 1.67 bits per heavy atom. The maximum absolute atomic E-state index is 13.0. The number of hydrogen-bond donors (Lipinski definition) is 1. The molecule has 1 amide bonds. The second-order valence-corrected chi connectivity index (χ2v) is 7.72. The summed E-state index contributed by atoms with van der Waals surface area (Å²) in [5.74, 6) is -1.33. The maximum atomic E-state index is 13.0. The molecule has 156 valence electrons. The van der Waals surface area contributed by atoms with Gasteiger partial charge in [0.25, 0.3) is 11.7 Å². The number of aliphatic hydroxyl groups is 1. The summed E-state index contributed by atoms with van der Waals surface area (Å²) in [4.78, 5) is 29.8. The largest absolute Gasteiger partial charge is 0.507 e. The lowest BCUT2D eigenvalue weighted by molar-refractivity contribution is -0.140. The standard InChI is InChI=1S/C24H26N2O4/c1-17-7-9-18(10-8-17)21-20(22(27)19-5-3-2-4-6-19)23(28)24(29)26(21)12-11-25-13-15-30-16-14-25/h2-10,21,27H,11-16H2,1H3/t21-/m0/s1. The fraction of sp³-hybridized carbons (Fsp3) is 0.333. The molecular formula is C24H26N2O4. The van der Waals surface area contributed by atoms with Crippen LogP contribution in [0.5, 0.6) is 0 Å². The van der Waals surface area contributed by atoms with Gasteiger partial charge in [-0.25, -0.2) is 0 Å².